The van der Waals surface area contributed by atoms with Crippen molar-refractivity contribution in [1.82, 2.24) is 0 Å². The van der Waals surface area contributed by atoms with Crippen LogP contribution in [0, 0.1) is 0 Å². The smallest absolute Gasteiger partial charge is 0.456 e. The number of anilines is 1. The van der Waals surface area contributed by atoms with Crippen LogP contribution in [0.1, 0.15) is 24.8 Å². The number of halogens is 3. The van der Waals surface area contributed by atoms with Crippen LogP contribution in [-0.4, -0.2) is 24.8 Å². The molecule has 0 spiro atoms. The Morgan fingerprint density at radius 1 is 1.04 bits per heavy atom. The molecule has 0 aliphatic rings. The minimum atomic E-state index is -4.78. The first-order valence-electron chi connectivity index (χ1n) is 8.09. The molecule has 0 unspecified atom stereocenters. The van der Waals surface area contributed by atoms with E-state index in [9.17, 15) is 22.8 Å². The van der Waals surface area contributed by atoms with Crippen molar-refractivity contribution in [2.75, 3.05) is 11.9 Å². The van der Waals surface area contributed by atoms with Crippen molar-refractivity contribution in [2.45, 2.75) is 25.6 Å². The van der Waals surface area contributed by atoms with Gasteiger partial charge in [0.2, 0.25) is 0 Å². The largest absolute Gasteiger partial charge is 0.573 e. The van der Waals surface area contributed by atoms with Crippen LogP contribution in [0.25, 0.3) is 0 Å². The lowest BCUT2D eigenvalue weighted by molar-refractivity contribution is -0.274. The number of amides is 1. The molecular weight excluding hydrogens is 363 g/mol. The lowest BCUT2D eigenvalue weighted by atomic mass is 9.98. The van der Waals surface area contributed by atoms with E-state index in [-0.39, 0.29) is 18.0 Å². The van der Waals surface area contributed by atoms with Gasteiger partial charge in [-0.1, -0.05) is 37.3 Å². The molecule has 2 aromatic carbocycles. The summed E-state index contributed by atoms with van der Waals surface area (Å²) in [5.41, 5.74) is 1.24. The summed E-state index contributed by atoms with van der Waals surface area (Å²) in [4.78, 5) is 23.6. The molecule has 0 aromatic heterocycles. The van der Waals surface area contributed by atoms with Crippen molar-refractivity contribution in [3.63, 3.8) is 0 Å². The van der Waals surface area contributed by atoms with Gasteiger partial charge < -0.3 is 14.8 Å². The molecule has 1 atom stereocenters. The molecular formula is C19H18F3NO4. The molecule has 0 aliphatic carbocycles. The highest BCUT2D eigenvalue weighted by atomic mass is 19.4. The molecule has 2 rings (SSSR count). The minimum Gasteiger partial charge on any atom is -0.456 e. The number of nitrogens with one attached hydrogen (secondary N) is 1. The fourth-order valence-electron chi connectivity index (χ4n) is 2.29. The van der Waals surface area contributed by atoms with E-state index >= 15 is 0 Å². The Hall–Kier alpha value is -3.03. The molecule has 5 nitrogen and oxygen atoms in total. The summed E-state index contributed by atoms with van der Waals surface area (Å²) in [6.45, 7) is 1.39. The highest BCUT2D eigenvalue weighted by molar-refractivity contribution is 5.92. The Bertz CT molecular complexity index is 761. The van der Waals surface area contributed by atoms with Crippen molar-refractivity contribution in [3.05, 3.63) is 60.2 Å². The molecule has 0 aliphatic heterocycles. The van der Waals surface area contributed by atoms with Crippen LogP contribution in [0.15, 0.2) is 54.6 Å². The van der Waals surface area contributed by atoms with Crippen LogP contribution < -0.4 is 10.1 Å². The van der Waals surface area contributed by atoms with Gasteiger partial charge in [0.25, 0.3) is 5.91 Å². The SMILES string of the molecule is C[C@H](CC(=O)OCC(=O)Nc1ccc(OC(F)(F)F)cc1)c1ccccc1. The zero-order valence-corrected chi connectivity index (χ0v) is 14.5. The fraction of sp³-hybridized carbons (Fsp3) is 0.263. The number of rotatable bonds is 7. The second kappa shape index (κ2) is 9.07. The first-order chi connectivity index (χ1) is 12.7. The third-order valence-electron chi connectivity index (χ3n) is 3.58. The second-order valence-corrected chi connectivity index (χ2v) is 5.80. The molecule has 27 heavy (non-hydrogen) atoms. The van der Waals surface area contributed by atoms with Crippen LogP contribution in [0.4, 0.5) is 18.9 Å². The molecule has 2 aromatic rings. The lowest BCUT2D eigenvalue weighted by Crippen LogP contribution is -2.21. The molecule has 144 valence electrons. The van der Waals surface area contributed by atoms with E-state index in [4.69, 9.17) is 4.74 Å². The number of esters is 1. The topological polar surface area (TPSA) is 64.6 Å². The van der Waals surface area contributed by atoms with Crippen molar-refractivity contribution < 1.29 is 32.2 Å². The maximum atomic E-state index is 12.1. The van der Waals surface area contributed by atoms with Crippen LogP contribution in [-0.2, 0) is 14.3 Å². The summed E-state index contributed by atoms with van der Waals surface area (Å²) in [5, 5.41) is 2.42. The standard InChI is InChI=1S/C19H18F3NO4/c1-13(14-5-3-2-4-6-14)11-18(25)26-12-17(24)23-15-7-9-16(10-8-15)27-19(20,21)22/h2-10,13H,11-12H2,1H3,(H,23,24)/t13-/m1/s1. The maximum absolute atomic E-state index is 12.1. The Kier molecular flexibility index (Phi) is 6.81. The molecule has 0 bridgehead atoms. The lowest BCUT2D eigenvalue weighted by Gasteiger charge is -2.12. The molecule has 8 heteroatoms. The average Bonchev–Trinajstić information content (AvgIpc) is 2.61. The van der Waals surface area contributed by atoms with E-state index in [1.165, 1.54) is 12.1 Å². The number of alkyl halides is 3. The molecule has 1 N–H and O–H groups in total. The monoisotopic (exact) mass is 381 g/mol. The maximum Gasteiger partial charge on any atom is 0.573 e. The molecule has 0 radical (unpaired) electrons. The van der Waals surface area contributed by atoms with Gasteiger partial charge >= 0.3 is 12.3 Å². The molecule has 1 amide bonds. The normalized spacial score (nSPS) is 12.1. The van der Waals surface area contributed by atoms with E-state index < -0.39 is 30.6 Å². The molecule has 0 saturated heterocycles. The van der Waals surface area contributed by atoms with Gasteiger partial charge in [-0.25, -0.2) is 0 Å². The zero-order valence-electron chi connectivity index (χ0n) is 14.5. The second-order valence-electron chi connectivity index (χ2n) is 5.80. The molecule has 0 saturated carbocycles. The van der Waals surface area contributed by atoms with Gasteiger partial charge in [-0.3, -0.25) is 9.59 Å². The predicted octanol–water partition coefficient (Wildman–Crippen LogP) is 4.26. The van der Waals surface area contributed by atoms with E-state index in [1.54, 1.807) is 0 Å². The van der Waals surface area contributed by atoms with Crippen LogP contribution in [0.2, 0.25) is 0 Å². The van der Waals surface area contributed by atoms with Crippen LogP contribution in [0.3, 0.4) is 0 Å². The van der Waals surface area contributed by atoms with E-state index in [0.717, 1.165) is 17.7 Å². The number of hydrogen-bond acceptors (Lipinski definition) is 4. The van der Waals surface area contributed by atoms with Crippen molar-refractivity contribution in [1.29, 1.82) is 0 Å². The number of carbonyl (C=O) groups is 2. The van der Waals surface area contributed by atoms with Crippen LogP contribution in [0.5, 0.6) is 5.75 Å². The van der Waals surface area contributed by atoms with E-state index in [1.807, 2.05) is 37.3 Å². The van der Waals surface area contributed by atoms with E-state index in [2.05, 4.69) is 10.1 Å². The van der Waals surface area contributed by atoms with Gasteiger partial charge in [-0.15, -0.1) is 13.2 Å². The van der Waals surface area contributed by atoms with Crippen molar-refractivity contribution in [3.8, 4) is 5.75 Å². The first kappa shape index (κ1) is 20.3. The number of benzene rings is 2. The summed E-state index contributed by atoms with van der Waals surface area (Å²) >= 11 is 0. The fourth-order valence-corrected chi connectivity index (χ4v) is 2.29. The van der Waals surface area contributed by atoms with Crippen molar-refractivity contribution >= 4 is 17.6 Å². The minimum absolute atomic E-state index is 0.0528. The average molecular weight is 381 g/mol. The summed E-state index contributed by atoms with van der Waals surface area (Å²) in [6, 6.07) is 14.0. The Morgan fingerprint density at radius 3 is 2.26 bits per heavy atom. The summed E-state index contributed by atoms with van der Waals surface area (Å²) in [7, 11) is 0. The summed E-state index contributed by atoms with van der Waals surface area (Å²) < 4.78 is 44.9. The van der Waals surface area contributed by atoms with E-state index in [0.29, 0.717) is 0 Å². The summed E-state index contributed by atoms with van der Waals surface area (Å²) in [5.74, 6) is -1.57. The third kappa shape index (κ3) is 7.39. The van der Waals surface area contributed by atoms with Crippen LogP contribution >= 0.6 is 0 Å². The van der Waals surface area contributed by atoms with Gasteiger partial charge in [0.05, 0.1) is 6.42 Å². The zero-order chi connectivity index (χ0) is 19.9. The Labute approximate surface area is 154 Å². The summed E-state index contributed by atoms with van der Waals surface area (Å²) in [6.07, 6.45) is -4.66. The predicted molar refractivity (Wildman–Crippen MR) is 92.2 cm³/mol. The Balaban J connectivity index is 1.76. The van der Waals surface area contributed by atoms with Gasteiger partial charge in [0.15, 0.2) is 6.61 Å². The van der Waals surface area contributed by atoms with Gasteiger partial charge in [0.1, 0.15) is 5.75 Å². The van der Waals surface area contributed by atoms with Gasteiger partial charge in [0, 0.05) is 5.69 Å². The highest BCUT2D eigenvalue weighted by Crippen LogP contribution is 2.24. The molecule has 0 heterocycles. The quantitative estimate of drug-likeness (QED) is 0.728. The highest BCUT2D eigenvalue weighted by Gasteiger charge is 2.30. The molecule has 0 fully saturated rings. The van der Waals surface area contributed by atoms with Crippen molar-refractivity contribution in [2.24, 2.45) is 0 Å². The first-order valence-corrected chi connectivity index (χ1v) is 8.09. The number of hydrogen-bond donors (Lipinski definition) is 1. The Morgan fingerprint density at radius 2 is 1.67 bits per heavy atom. The van der Waals surface area contributed by atoms with Gasteiger partial charge in [-0.05, 0) is 35.7 Å². The number of carbonyl (C=O) groups excluding carboxylic acids is 2. The third-order valence-corrected chi connectivity index (χ3v) is 3.58. The van der Waals surface area contributed by atoms with Gasteiger partial charge in [-0.2, -0.15) is 0 Å². The number of ether oxygens (including phenoxy) is 2.